The summed E-state index contributed by atoms with van der Waals surface area (Å²) >= 11 is 0. The van der Waals surface area contributed by atoms with E-state index in [1.807, 2.05) is 0 Å². The number of rotatable bonds is 6. The molecule has 11 heteroatoms. The lowest BCUT2D eigenvalue weighted by molar-refractivity contribution is -0.137. The van der Waals surface area contributed by atoms with Crippen LogP contribution in [0.15, 0.2) is 66.7 Å². The normalized spacial score (nSPS) is 15.2. The third-order valence-electron chi connectivity index (χ3n) is 6.20. The fraction of sp³-hybridized carbons (Fsp3) is 0.222. The number of nitrogens with zero attached hydrogens (tertiary/aromatic N) is 1. The topological polar surface area (TPSA) is 108 Å². The minimum Gasteiger partial charge on any atom is -0.496 e. The number of likely N-dealkylation sites (tertiary alicyclic amines) is 1. The van der Waals surface area contributed by atoms with Gasteiger partial charge in [-0.15, -0.1) is 0 Å². The summed E-state index contributed by atoms with van der Waals surface area (Å²) in [5.41, 5.74) is 1.42. The number of alkyl halides is 3. The summed E-state index contributed by atoms with van der Waals surface area (Å²) in [5.74, 6) is -1.26. The fourth-order valence-electron chi connectivity index (χ4n) is 4.24. The Hall–Kier alpha value is -4.54. The van der Waals surface area contributed by atoms with Gasteiger partial charge in [-0.2, -0.15) is 13.2 Å². The number of benzene rings is 3. The average molecular weight is 527 g/mol. The molecular weight excluding hydrogens is 503 g/mol. The molecule has 198 valence electrons. The molecule has 3 N–H and O–H groups in total. The summed E-state index contributed by atoms with van der Waals surface area (Å²) in [6.45, 7) is 0.331. The Bertz CT molecular complexity index is 1340. The summed E-state index contributed by atoms with van der Waals surface area (Å²) < 4.78 is 43.5. The van der Waals surface area contributed by atoms with Gasteiger partial charge in [0, 0.05) is 17.9 Å². The van der Waals surface area contributed by atoms with Gasteiger partial charge in [-0.25, -0.2) is 9.59 Å². The van der Waals surface area contributed by atoms with Crippen LogP contribution in [0.4, 0.5) is 29.3 Å². The van der Waals surface area contributed by atoms with Crippen molar-refractivity contribution in [1.29, 1.82) is 0 Å². The maximum atomic E-state index is 12.9. The van der Waals surface area contributed by atoms with Crippen LogP contribution in [0.2, 0.25) is 0 Å². The van der Waals surface area contributed by atoms with Gasteiger partial charge < -0.3 is 25.4 Å². The number of nitrogens with one attached hydrogen (secondary N) is 2. The van der Waals surface area contributed by atoms with Gasteiger partial charge in [0.2, 0.25) is 5.91 Å². The van der Waals surface area contributed by atoms with Gasteiger partial charge in [0.1, 0.15) is 17.4 Å². The highest BCUT2D eigenvalue weighted by molar-refractivity contribution is 5.99. The molecule has 0 radical (unpaired) electrons. The van der Waals surface area contributed by atoms with Gasteiger partial charge in [0.15, 0.2) is 0 Å². The number of anilines is 2. The van der Waals surface area contributed by atoms with Crippen LogP contribution in [0, 0.1) is 0 Å². The van der Waals surface area contributed by atoms with E-state index in [4.69, 9.17) is 4.74 Å². The fourth-order valence-corrected chi connectivity index (χ4v) is 4.24. The minimum absolute atomic E-state index is 0.0450. The van der Waals surface area contributed by atoms with Gasteiger partial charge in [0.05, 0.1) is 12.7 Å². The van der Waals surface area contributed by atoms with E-state index in [1.165, 1.54) is 18.1 Å². The molecule has 1 saturated heterocycles. The number of amides is 3. The lowest BCUT2D eigenvalue weighted by Gasteiger charge is -2.24. The SMILES string of the molecule is COc1cc(-c2ccc(NC(=O)[C@H]3CCCN3C(=O)Nc3ccc(C(F)(F)F)cc3)cc2)ccc1C(=O)O. The molecule has 3 amide bonds. The van der Waals surface area contributed by atoms with Crippen molar-refractivity contribution in [2.75, 3.05) is 24.3 Å². The van der Waals surface area contributed by atoms with Crippen LogP contribution in [0.5, 0.6) is 5.75 Å². The lowest BCUT2D eigenvalue weighted by Crippen LogP contribution is -2.45. The van der Waals surface area contributed by atoms with Gasteiger partial charge in [0.25, 0.3) is 0 Å². The predicted octanol–water partition coefficient (Wildman–Crippen LogP) is 5.71. The quantitative estimate of drug-likeness (QED) is 0.380. The van der Waals surface area contributed by atoms with Crippen molar-refractivity contribution in [1.82, 2.24) is 4.90 Å². The molecule has 1 aliphatic rings. The number of hydrogen-bond donors (Lipinski definition) is 3. The molecule has 3 aromatic carbocycles. The summed E-state index contributed by atoms with van der Waals surface area (Å²) in [6, 6.07) is 14.4. The van der Waals surface area contributed by atoms with Crippen molar-refractivity contribution >= 4 is 29.3 Å². The molecule has 8 nitrogen and oxygen atoms in total. The van der Waals surface area contributed by atoms with Crippen LogP contribution in [-0.4, -0.2) is 47.6 Å². The first-order valence-corrected chi connectivity index (χ1v) is 11.6. The first kappa shape index (κ1) is 26.5. The molecule has 1 fully saturated rings. The molecule has 38 heavy (non-hydrogen) atoms. The first-order chi connectivity index (χ1) is 18.1. The van der Waals surface area contributed by atoms with Crippen molar-refractivity contribution in [3.63, 3.8) is 0 Å². The standard InChI is InChI=1S/C27H24F3N3O5/c1-38-23-15-17(6-13-21(23)25(35)36)16-4-9-19(10-5-16)31-24(34)22-3-2-14-33(22)26(37)32-20-11-7-18(8-12-20)27(28,29)30/h4-13,15,22H,2-3,14H2,1H3,(H,31,34)(H,32,37)(H,35,36)/t22-/m1/s1. The largest absolute Gasteiger partial charge is 0.496 e. The van der Waals surface area contributed by atoms with Crippen molar-refractivity contribution in [2.45, 2.75) is 25.1 Å². The van der Waals surface area contributed by atoms with Crippen molar-refractivity contribution < 1.29 is 37.4 Å². The van der Waals surface area contributed by atoms with E-state index in [9.17, 15) is 32.7 Å². The predicted molar refractivity (Wildman–Crippen MR) is 134 cm³/mol. The van der Waals surface area contributed by atoms with E-state index in [0.717, 1.165) is 35.4 Å². The van der Waals surface area contributed by atoms with E-state index in [2.05, 4.69) is 10.6 Å². The van der Waals surface area contributed by atoms with Crippen LogP contribution < -0.4 is 15.4 Å². The number of halogens is 3. The van der Waals surface area contributed by atoms with Gasteiger partial charge in [-0.05, 0) is 72.5 Å². The van der Waals surface area contributed by atoms with E-state index < -0.39 is 29.8 Å². The Labute approximate surface area is 216 Å². The van der Waals surface area contributed by atoms with Gasteiger partial charge in [-0.3, -0.25) is 4.79 Å². The second-order valence-electron chi connectivity index (χ2n) is 8.64. The lowest BCUT2D eigenvalue weighted by atomic mass is 10.0. The van der Waals surface area contributed by atoms with Crippen LogP contribution in [0.3, 0.4) is 0 Å². The van der Waals surface area contributed by atoms with E-state index >= 15 is 0 Å². The first-order valence-electron chi connectivity index (χ1n) is 11.6. The molecule has 0 bridgehead atoms. The van der Waals surface area contributed by atoms with E-state index in [0.29, 0.717) is 25.1 Å². The number of carboxylic acid groups (broad SMARTS) is 1. The molecule has 0 aromatic heterocycles. The number of aromatic carboxylic acids is 1. The maximum absolute atomic E-state index is 12.9. The highest BCUT2D eigenvalue weighted by Gasteiger charge is 2.34. The van der Waals surface area contributed by atoms with E-state index in [-0.39, 0.29) is 22.9 Å². The summed E-state index contributed by atoms with van der Waals surface area (Å²) in [6.07, 6.45) is -3.43. The molecule has 3 aromatic rings. The number of carbonyl (C=O) groups is 3. The zero-order valence-electron chi connectivity index (χ0n) is 20.2. The van der Waals surface area contributed by atoms with Crippen molar-refractivity contribution in [2.24, 2.45) is 0 Å². The number of hydrogen-bond acceptors (Lipinski definition) is 4. The average Bonchev–Trinajstić information content (AvgIpc) is 3.39. The van der Waals surface area contributed by atoms with Crippen molar-refractivity contribution in [3.8, 4) is 16.9 Å². The van der Waals surface area contributed by atoms with Crippen LogP contribution in [0.1, 0.15) is 28.8 Å². The minimum atomic E-state index is -4.48. The molecule has 0 spiro atoms. The number of urea groups is 1. The molecule has 1 heterocycles. The molecule has 4 rings (SSSR count). The Kier molecular flexibility index (Phi) is 7.56. The maximum Gasteiger partial charge on any atom is 0.416 e. The highest BCUT2D eigenvalue weighted by atomic mass is 19.4. The van der Waals surface area contributed by atoms with Gasteiger partial charge in [-0.1, -0.05) is 18.2 Å². The zero-order valence-corrected chi connectivity index (χ0v) is 20.2. The number of ether oxygens (including phenoxy) is 1. The monoisotopic (exact) mass is 527 g/mol. The van der Waals surface area contributed by atoms with Crippen LogP contribution in [0.25, 0.3) is 11.1 Å². The molecule has 1 aliphatic heterocycles. The Morgan fingerprint density at radius 2 is 1.53 bits per heavy atom. The highest BCUT2D eigenvalue weighted by Crippen LogP contribution is 2.31. The Morgan fingerprint density at radius 1 is 0.921 bits per heavy atom. The molecule has 0 unspecified atom stereocenters. The van der Waals surface area contributed by atoms with E-state index in [1.54, 1.807) is 36.4 Å². The second kappa shape index (κ2) is 10.8. The smallest absolute Gasteiger partial charge is 0.416 e. The van der Waals surface area contributed by atoms with Crippen LogP contribution in [-0.2, 0) is 11.0 Å². The van der Waals surface area contributed by atoms with Crippen molar-refractivity contribution in [3.05, 3.63) is 77.9 Å². The zero-order chi connectivity index (χ0) is 27.4. The number of methoxy groups -OCH3 is 1. The molecule has 1 atom stereocenters. The number of carboxylic acids is 1. The third kappa shape index (κ3) is 5.88. The van der Waals surface area contributed by atoms with Crippen LogP contribution >= 0.6 is 0 Å². The summed E-state index contributed by atoms with van der Waals surface area (Å²) in [7, 11) is 1.39. The number of carbonyl (C=O) groups excluding carboxylic acids is 2. The Balaban J connectivity index is 1.40. The Morgan fingerprint density at radius 3 is 2.13 bits per heavy atom. The third-order valence-corrected chi connectivity index (χ3v) is 6.20. The summed E-state index contributed by atoms with van der Waals surface area (Å²) in [4.78, 5) is 38.4. The van der Waals surface area contributed by atoms with Gasteiger partial charge >= 0.3 is 18.2 Å². The molecule has 0 aliphatic carbocycles. The molecular formula is C27H24F3N3O5. The second-order valence-corrected chi connectivity index (χ2v) is 8.64. The molecule has 0 saturated carbocycles. The summed E-state index contributed by atoms with van der Waals surface area (Å²) in [5, 5.41) is 14.6.